The highest BCUT2D eigenvalue weighted by Gasteiger charge is 2.58. The van der Waals surface area contributed by atoms with E-state index < -0.39 is 0 Å². The van der Waals surface area contributed by atoms with Gasteiger partial charge in [0.25, 0.3) is 0 Å². The van der Waals surface area contributed by atoms with Gasteiger partial charge >= 0.3 is 0 Å². The molecule has 0 nitrogen and oxygen atoms in total. The fourth-order valence-electron chi connectivity index (χ4n) is 4.09. The first-order valence-corrected chi connectivity index (χ1v) is 4.92. The van der Waals surface area contributed by atoms with Crippen molar-refractivity contribution in [2.24, 2.45) is 17.3 Å². The lowest BCUT2D eigenvalue weighted by Crippen LogP contribution is -2.41. The van der Waals surface area contributed by atoms with Crippen molar-refractivity contribution in [1.29, 1.82) is 0 Å². The zero-order valence-corrected chi connectivity index (χ0v) is 6.60. The van der Waals surface area contributed by atoms with Crippen molar-refractivity contribution < 1.29 is 0 Å². The van der Waals surface area contributed by atoms with Gasteiger partial charge < -0.3 is 0 Å². The zero-order valence-electron chi connectivity index (χ0n) is 6.60. The fraction of sp³-hybridized carbons (Fsp3) is 1.00. The molecule has 2 atom stereocenters. The van der Waals surface area contributed by atoms with Gasteiger partial charge in [0, 0.05) is 0 Å². The van der Waals surface area contributed by atoms with E-state index in [0.29, 0.717) is 0 Å². The highest BCUT2D eigenvalue weighted by Crippen LogP contribution is 2.68. The maximum atomic E-state index is 1.61. The molecule has 2 unspecified atom stereocenters. The Morgan fingerprint density at radius 3 is 2.00 bits per heavy atom. The van der Waals surface area contributed by atoms with Crippen molar-refractivity contribution in [1.82, 2.24) is 0 Å². The van der Waals surface area contributed by atoms with Crippen LogP contribution >= 0.6 is 0 Å². The van der Waals surface area contributed by atoms with E-state index in [1.165, 1.54) is 11.8 Å². The normalized spacial score (nSPS) is 57.6. The molecule has 3 saturated carbocycles. The molecule has 3 rings (SSSR count). The Balaban J connectivity index is 1.95. The van der Waals surface area contributed by atoms with Crippen LogP contribution in [0.1, 0.15) is 44.9 Å². The summed E-state index contributed by atoms with van der Waals surface area (Å²) in [6, 6.07) is 0. The molecule has 0 aromatic rings. The summed E-state index contributed by atoms with van der Waals surface area (Å²) in [5, 5.41) is 0. The third-order valence-corrected chi connectivity index (χ3v) is 4.58. The van der Waals surface area contributed by atoms with Crippen LogP contribution in [0.2, 0.25) is 0 Å². The third kappa shape index (κ3) is 0.436. The molecule has 0 amide bonds. The minimum absolute atomic E-state index is 0.944. The predicted octanol–water partition coefficient (Wildman–Crippen LogP) is 2.98. The van der Waals surface area contributed by atoms with Gasteiger partial charge in [-0.3, -0.25) is 0 Å². The summed E-state index contributed by atoms with van der Waals surface area (Å²) in [5.74, 6) is 2.39. The highest BCUT2D eigenvalue weighted by molar-refractivity contribution is 5.08. The van der Waals surface area contributed by atoms with Gasteiger partial charge in [0.05, 0.1) is 0 Å². The summed E-state index contributed by atoms with van der Waals surface area (Å²) in [4.78, 5) is 0. The molecule has 56 valence electrons. The van der Waals surface area contributed by atoms with Crippen LogP contribution in [0.25, 0.3) is 0 Å². The number of rotatable bonds is 0. The smallest absolute Gasteiger partial charge is 0.0241 e. The Labute approximate surface area is 63.0 Å². The topological polar surface area (TPSA) is 0 Å². The Kier molecular flexibility index (Phi) is 0.898. The van der Waals surface area contributed by atoms with Gasteiger partial charge in [0.15, 0.2) is 0 Å². The van der Waals surface area contributed by atoms with Crippen LogP contribution in [0.3, 0.4) is 0 Å². The lowest BCUT2D eigenvalue weighted by molar-refractivity contribution is 0.00348. The predicted molar refractivity (Wildman–Crippen MR) is 41.7 cm³/mol. The summed E-state index contributed by atoms with van der Waals surface area (Å²) in [6.45, 7) is 0. The molecule has 1 spiro atoms. The van der Waals surface area contributed by atoms with Crippen molar-refractivity contribution in [2.45, 2.75) is 44.9 Å². The van der Waals surface area contributed by atoms with Crippen molar-refractivity contribution in [2.75, 3.05) is 0 Å². The van der Waals surface area contributed by atoms with E-state index in [1.54, 1.807) is 44.9 Å². The van der Waals surface area contributed by atoms with Gasteiger partial charge in [-0.25, -0.2) is 0 Å². The lowest BCUT2D eigenvalue weighted by Gasteiger charge is -2.49. The molecule has 0 N–H and O–H groups in total. The molecule has 0 aliphatic heterocycles. The zero-order chi connectivity index (χ0) is 6.60. The molecule has 10 heavy (non-hydrogen) atoms. The van der Waals surface area contributed by atoms with Gasteiger partial charge in [-0.15, -0.1) is 0 Å². The average Bonchev–Trinajstić information content (AvgIpc) is 2.41. The fourth-order valence-corrected chi connectivity index (χ4v) is 4.09. The molecule has 0 heterocycles. The molecule has 0 aromatic carbocycles. The summed E-state index contributed by atoms with van der Waals surface area (Å²) in [7, 11) is 0. The van der Waals surface area contributed by atoms with Gasteiger partial charge in [-0.1, -0.05) is 12.8 Å². The highest BCUT2D eigenvalue weighted by atomic mass is 14.6. The standard InChI is InChI=1S/C10H16/c1-3-8-7-9-4-2-6-10(8,9)5-1/h8-9H,1-7H2. The maximum absolute atomic E-state index is 1.61. The minimum Gasteiger partial charge on any atom is -0.0525 e. The van der Waals surface area contributed by atoms with Gasteiger partial charge in [-0.05, 0) is 49.4 Å². The van der Waals surface area contributed by atoms with Crippen LogP contribution in [0.5, 0.6) is 0 Å². The largest absolute Gasteiger partial charge is 0.0525 e. The quantitative estimate of drug-likeness (QED) is 0.480. The van der Waals surface area contributed by atoms with E-state index >= 15 is 0 Å². The molecule has 0 aromatic heterocycles. The Morgan fingerprint density at radius 2 is 1.50 bits per heavy atom. The Hall–Kier alpha value is 0. The average molecular weight is 136 g/mol. The molecule has 0 heteroatoms. The van der Waals surface area contributed by atoms with Gasteiger partial charge in [0.2, 0.25) is 0 Å². The van der Waals surface area contributed by atoms with Crippen LogP contribution in [0, 0.1) is 17.3 Å². The Bertz CT molecular complexity index is 141. The lowest BCUT2D eigenvalue weighted by atomic mass is 9.56. The molecular weight excluding hydrogens is 120 g/mol. The van der Waals surface area contributed by atoms with E-state index in [-0.39, 0.29) is 0 Å². The molecule has 0 saturated heterocycles. The first-order valence-electron chi connectivity index (χ1n) is 4.92. The summed E-state index contributed by atoms with van der Waals surface area (Å²) in [6.07, 6.45) is 11.1. The SMILES string of the molecule is C1CC2CC3CCCC23C1. The van der Waals surface area contributed by atoms with Crippen molar-refractivity contribution in [3.05, 3.63) is 0 Å². The van der Waals surface area contributed by atoms with E-state index in [0.717, 1.165) is 5.41 Å². The second-order valence-corrected chi connectivity index (χ2v) is 4.65. The van der Waals surface area contributed by atoms with E-state index in [2.05, 4.69) is 0 Å². The van der Waals surface area contributed by atoms with Gasteiger partial charge in [0.1, 0.15) is 0 Å². The van der Waals surface area contributed by atoms with E-state index in [4.69, 9.17) is 0 Å². The van der Waals surface area contributed by atoms with Crippen LogP contribution in [0.15, 0.2) is 0 Å². The van der Waals surface area contributed by atoms with E-state index in [9.17, 15) is 0 Å². The summed E-state index contributed by atoms with van der Waals surface area (Å²) < 4.78 is 0. The van der Waals surface area contributed by atoms with Crippen LogP contribution in [-0.4, -0.2) is 0 Å². The number of hydrogen-bond acceptors (Lipinski definition) is 0. The molecule has 3 fully saturated rings. The van der Waals surface area contributed by atoms with Crippen molar-refractivity contribution >= 4 is 0 Å². The van der Waals surface area contributed by atoms with Crippen LogP contribution < -0.4 is 0 Å². The second kappa shape index (κ2) is 1.60. The van der Waals surface area contributed by atoms with Crippen LogP contribution in [0.4, 0.5) is 0 Å². The maximum Gasteiger partial charge on any atom is -0.0241 e. The molecule has 3 aliphatic carbocycles. The van der Waals surface area contributed by atoms with Crippen molar-refractivity contribution in [3.63, 3.8) is 0 Å². The van der Waals surface area contributed by atoms with Gasteiger partial charge in [-0.2, -0.15) is 0 Å². The van der Waals surface area contributed by atoms with E-state index in [1.807, 2.05) is 0 Å². The Morgan fingerprint density at radius 1 is 0.900 bits per heavy atom. The molecule has 3 aliphatic rings. The van der Waals surface area contributed by atoms with Crippen LogP contribution in [-0.2, 0) is 0 Å². The number of hydrogen-bond donors (Lipinski definition) is 0. The summed E-state index contributed by atoms with van der Waals surface area (Å²) >= 11 is 0. The summed E-state index contributed by atoms with van der Waals surface area (Å²) in [5.41, 5.74) is 0.944. The minimum atomic E-state index is 0.944. The molecule has 0 bridgehead atoms. The second-order valence-electron chi connectivity index (χ2n) is 4.65. The third-order valence-electron chi connectivity index (χ3n) is 4.58. The first kappa shape index (κ1) is 5.62. The molecular formula is C10H16. The monoisotopic (exact) mass is 136 g/mol. The van der Waals surface area contributed by atoms with Crippen molar-refractivity contribution in [3.8, 4) is 0 Å². The molecule has 0 radical (unpaired) electrons. The first-order chi connectivity index (χ1) is 4.92.